The summed E-state index contributed by atoms with van der Waals surface area (Å²) in [6.45, 7) is 6.10. The summed E-state index contributed by atoms with van der Waals surface area (Å²) in [5, 5.41) is 0. The Kier molecular flexibility index (Phi) is 3.66. The van der Waals surface area contributed by atoms with E-state index in [1.165, 1.54) is 5.56 Å². The number of hydrogen-bond acceptors (Lipinski definition) is 3. The quantitative estimate of drug-likeness (QED) is 0.791. The molecule has 0 unspecified atom stereocenters. The van der Waals surface area contributed by atoms with Crippen molar-refractivity contribution in [3.63, 3.8) is 0 Å². The molecular weight excluding hydrogens is 292 g/mol. The lowest BCUT2D eigenvalue weighted by atomic mass is 9.99. The summed E-state index contributed by atoms with van der Waals surface area (Å²) in [7, 11) is 1.69. The summed E-state index contributed by atoms with van der Waals surface area (Å²) in [6.07, 6.45) is 0. The highest BCUT2D eigenvalue weighted by Crippen LogP contribution is 2.30. The van der Waals surface area contributed by atoms with Gasteiger partial charge in [-0.1, -0.05) is 0 Å². The number of methoxy groups -OCH3 is 1. The van der Waals surface area contributed by atoms with Crippen LogP contribution in [0.15, 0.2) is 22.9 Å². The van der Waals surface area contributed by atoms with Crippen molar-refractivity contribution < 1.29 is 4.74 Å². The van der Waals surface area contributed by atoms with Crippen molar-refractivity contribution in [1.29, 1.82) is 0 Å². The molecule has 3 nitrogen and oxygen atoms in total. The van der Waals surface area contributed by atoms with Gasteiger partial charge in [0.2, 0.25) is 0 Å². The van der Waals surface area contributed by atoms with Gasteiger partial charge in [0.15, 0.2) is 4.73 Å². The second kappa shape index (κ2) is 5.06. The Morgan fingerprint density at radius 3 is 2.39 bits per heavy atom. The summed E-state index contributed by atoms with van der Waals surface area (Å²) in [6, 6.07) is 6.00. The van der Waals surface area contributed by atoms with Gasteiger partial charge in [-0.15, -0.1) is 0 Å². The van der Waals surface area contributed by atoms with Gasteiger partial charge in [0.1, 0.15) is 5.75 Å². The fraction of sp³-hybridized carbons (Fsp3) is 0.286. The average Bonchev–Trinajstić information content (AvgIpc) is 2.31. The first-order valence-corrected chi connectivity index (χ1v) is 6.48. The molecular formula is C14H15BrN2O. The molecule has 0 amide bonds. The second-order valence-electron chi connectivity index (χ2n) is 4.23. The molecule has 0 aliphatic rings. The van der Waals surface area contributed by atoms with Crippen molar-refractivity contribution in [2.75, 3.05) is 7.11 Å². The minimum absolute atomic E-state index is 0.616. The molecule has 2 aromatic rings. The topological polar surface area (TPSA) is 35.0 Å². The molecule has 0 aliphatic carbocycles. The fourth-order valence-corrected chi connectivity index (χ4v) is 2.44. The normalized spacial score (nSPS) is 10.5. The van der Waals surface area contributed by atoms with Crippen LogP contribution in [0, 0.1) is 20.8 Å². The van der Waals surface area contributed by atoms with E-state index >= 15 is 0 Å². The van der Waals surface area contributed by atoms with Gasteiger partial charge in [-0.05, 0) is 66.0 Å². The van der Waals surface area contributed by atoms with Gasteiger partial charge in [-0.25, -0.2) is 9.97 Å². The number of aromatic nitrogens is 2. The Morgan fingerprint density at radius 2 is 1.78 bits per heavy atom. The zero-order valence-electron chi connectivity index (χ0n) is 10.9. The fourth-order valence-electron chi connectivity index (χ4n) is 1.96. The third kappa shape index (κ3) is 2.38. The van der Waals surface area contributed by atoms with Gasteiger partial charge in [0, 0.05) is 11.3 Å². The number of aryl methyl sites for hydroxylation is 1. The molecule has 2 rings (SSSR count). The third-order valence-corrected chi connectivity index (χ3v) is 3.41. The minimum atomic E-state index is 0.616. The number of hydrogen-bond donors (Lipinski definition) is 0. The summed E-state index contributed by atoms with van der Waals surface area (Å²) in [5.41, 5.74) is 5.30. The van der Waals surface area contributed by atoms with Crippen LogP contribution in [0.1, 0.15) is 16.8 Å². The van der Waals surface area contributed by atoms with Gasteiger partial charge < -0.3 is 4.74 Å². The van der Waals surface area contributed by atoms with Crippen LogP contribution in [0.25, 0.3) is 11.3 Å². The molecule has 0 bridgehead atoms. The van der Waals surface area contributed by atoms with Crippen molar-refractivity contribution in [2.45, 2.75) is 20.8 Å². The zero-order valence-corrected chi connectivity index (χ0v) is 12.5. The first-order valence-electron chi connectivity index (χ1n) is 5.68. The lowest BCUT2D eigenvalue weighted by Gasteiger charge is -2.12. The molecule has 0 N–H and O–H groups in total. The average molecular weight is 307 g/mol. The Morgan fingerprint density at radius 1 is 1.06 bits per heavy atom. The third-order valence-electron chi connectivity index (χ3n) is 3.06. The SMILES string of the molecule is COc1ccc(-c2cc(C)nc(Br)n2)c(C)c1C. The molecule has 1 aromatic heterocycles. The number of rotatable bonds is 2. The molecule has 0 fully saturated rings. The Hall–Kier alpha value is -1.42. The van der Waals surface area contributed by atoms with Gasteiger partial charge >= 0.3 is 0 Å². The molecule has 4 heteroatoms. The lowest BCUT2D eigenvalue weighted by molar-refractivity contribution is 0.411. The second-order valence-corrected chi connectivity index (χ2v) is 4.94. The van der Waals surface area contributed by atoms with Crippen LogP contribution in [0.5, 0.6) is 5.75 Å². The van der Waals surface area contributed by atoms with E-state index in [1.54, 1.807) is 7.11 Å². The first kappa shape index (κ1) is 13.0. The van der Waals surface area contributed by atoms with Crippen LogP contribution in [-0.2, 0) is 0 Å². The molecule has 1 aromatic carbocycles. The molecule has 0 aliphatic heterocycles. The maximum atomic E-state index is 5.32. The predicted molar refractivity (Wildman–Crippen MR) is 75.9 cm³/mol. The van der Waals surface area contributed by atoms with E-state index < -0.39 is 0 Å². The maximum absolute atomic E-state index is 5.32. The summed E-state index contributed by atoms with van der Waals surface area (Å²) >= 11 is 3.33. The molecule has 18 heavy (non-hydrogen) atoms. The smallest absolute Gasteiger partial charge is 0.197 e. The maximum Gasteiger partial charge on any atom is 0.197 e. The summed E-state index contributed by atoms with van der Waals surface area (Å²) in [4.78, 5) is 8.65. The van der Waals surface area contributed by atoms with Gasteiger partial charge in [-0.3, -0.25) is 0 Å². The number of ether oxygens (including phenoxy) is 1. The van der Waals surface area contributed by atoms with Crippen LogP contribution < -0.4 is 4.74 Å². The molecule has 0 atom stereocenters. The first-order chi connectivity index (χ1) is 8.52. The van der Waals surface area contributed by atoms with E-state index in [2.05, 4.69) is 39.7 Å². The van der Waals surface area contributed by atoms with Crippen LogP contribution in [0.4, 0.5) is 0 Å². The largest absolute Gasteiger partial charge is 0.496 e. The molecule has 0 saturated heterocycles. The van der Waals surface area contributed by atoms with Gasteiger partial charge in [0.25, 0.3) is 0 Å². The van der Waals surface area contributed by atoms with Crippen molar-refractivity contribution in [2.24, 2.45) is 0 Å². The minimum Gasteiger partial charge on any atom is -0.496 e. The highest BCUT2D eigenvalue weighted by molar-refractivity contribution is 9.10. The van der Waals surface area contributed by atoms with Crippen LogP contribution in [0.3, 0.4) is 0 Å². The van der Waals surface area contributed by atoms with E-state index in [1.807, 2.05) is 25.1 Å². The van der Waals surface area contributed by atoms with E-state index in [0.29, 0.717) is 4.73 Å². The highest BCUT2D eigenvalue weighted by Gasteiger charge is 2.10. The van der Waals surface area contributed by atoms with Crippen molar-refractivity contribution in [3.8, 4) is 17.0 Å². The molecule has 0 radical (unpaired) electrons. The number of halogens is 1. The zero-order chi connectivity index (χ0) is 13.3. The van der Waals surface area contributed by atoms with E-state index in [9.17, 15) is 0 Å². The summed E-state index contributed by atoms with van der Waals surface area (Å²) in [5.74, 6) is 0.904. The highest BCUT2D eigenvalue weighted by atomic mass is 79.9. The summed E-state index contributed by atoms with van der Waals surface area (Å²) < 4.78 is 5.94. The van der Waals surface area contributed by atoms with Crippen LogP contribution >= 0.6 is 15.9 Å². The number of benzene rings is 1. The number of nitrogens with zero attached hydrogens (tertiary/aromatic N) is 2. The lowest BCUT2D eigenvalue weighted by Crippen LogP contribution is -1.96. The predicted octanol–water partition coefficient (Wildman–Crippen LogP) is 3.84. The van der Waals surface area contributed by atoms with Crippen molar-refractivity contribution in [1.82, 2.24) is 9.97 Å². The Labute approximate surface area is 115 Å². The van der Waals surface area contributed by atoms with Crippen molar-refractivity contribution in [3.05, 3.63) is 39.8 Å². The Bertz CT molecular complexity index is 576. The van der Waals surface area contributed by atoms with Gasteiger partial charge in [-0.2, -0.15) is 0 Å². The van der Waals surface area contributed by atoms with E-state index in [4.69, 9.17) is 4.74 Å². The standard InChI is InChI=1S/C14H15BrN2O/c1-8-7-12(17-14(15)16-8)11-5-6-13(18-4)10(3)9(11)2/h5-7H,1-4H3. The van der Waals surface area contributed by atoms with Crippen LogP contribution in [0.2, 0.25) is 0 Å². The molecule has 0 spiro atoms. The molecule has 0 saturated carbocycles. The molecule has 1 heterocycles. The Balaban J connectivity index is 2.61. The van der Waals surface area contributed by atoms with Gasteiger partial charge in [0.05, 0.1) is 12.8 Å². The van der Waals surface area contributed by atoms with E-state index in [0.717, 1.165) is 28.3 Å². The van der Waals surface area contributed by atoms with Crippen molar-refractivity contribution >= 4 is 15.9 Å². The van der Waals surface area contributed by atoms with Crippen LogP contribution in [-0.4, -0.2) is 17.1 Å². The molecule has 94 valence electrons. The monoisotopic (exact) mass is 306 g/mol. The van der Waals surface area contributed by atoms with E-state index in [-0.39, 0.29) is 0 Å².